The van der Waals surface area contributed by atoms with Gasteiger partial charge in [0.05, 0.1) is 26.9 Å². The minimum absolute atomic E-state index is 0.0524. The summed E-state index contributed by atoms with van der Waals surface area (Å²) >= 11 is 0. The Labute approximate surface area is 101 Å². The van der Waals surface area contributed by atoms with Gasteiger partial charge in [-0.15, -0.1) is 0 Å². The van der Waals surface area contributed by atoms with Crippen molar-refractivity contribution in [1.82, 2.24) is 0 Å². The summed E-state index contributed by atoms with van der Waals surface area (Å²) in [5.41, 5.74) is 2.05. The molecule has 4 nitrogen and oxygen atoms in total. The van der Waals surface area contributed by atoms with Crippen LogP contribution in [0.4, 0.5) is 0 Å². The third-order valence-corrected chi connectivity index (χ3v) is 2.79. The average molecular weight is 238 g/mol. The molecule has 0 fully saturated rings. The molecule has 0 spiro atoms. The first-order valence-corrected chi connectivity index (χ1v) is 5.29. The van der Waals surface area contributed by atoms with Crippen molar-refractivity contribution in [2.24, 2.45) is 0 Å². The Kier molecular flexibility index (Phi) is 3.99. The van der Waals surface area contributed by atoms with Crippen LogP contribution in [0.2, 0.25) is 0 Å². The number of benzene rings is 1. The van der Waals surface area contributed by atoms with E-state index < -0.39 is 0 Å². The topological polar surface area (TPSA) is 44.8 Å². The first-order valence-electron chi connectivity index (χ1n) is 5.29. The highest BCUT2D eigenvalue weighted by Gasteiger charge is 2.23. The number of rotatable bonds is 4. The molecule has 1 aromatic rings. The van der Waals surface area contributed by atoms with E-state index in [9.17, 15) is 4.79 Å². The molecule has 0 amide bonds. The van der Waals surface area contributed by atoms with Crippen LogP contribution in [-0.2, 0) is 0 Å². The predicted octanol–water partition coefficient (Wildman–Crippen LogP) is 2.53. The van der Waals surface area contributed by atoms with Gasteiger partial charge in [0, 0.05) is 11.1 Å². The van der Waals surface area contributed by atoms with Crippen LogP contribution in [0, 0.1) is 13.8 Å². The molecular weight excluding hydrogens is 220 g/mol. The summed E-state index contributed by atoms with van der Waals surface area (Å²) in [5.74, 6) is 1.68. The molecule has 0 bridgehead atoms. The maximum absolute atomic E-state index is 11.7. The zero-order valence-corrected chi connectivity index (χ0v) is 11.1. The summed E-state index contributed by atoms with van der Waals surface area (Å²) in [6.07, 6.45) is 0. The van der Waals surface area contributed by atoms with Gasteiger partial charge in [-0.2, -0.15) is 0 Å². The number of Topliss-reactive ketones (excluding diaryl/α,β-unsaturated/α-hetero) is 1. The molecule has 0 unspecified atom stereocenters. The Morgan fingerprint density at radius 1 is 0.824 bits per heavy atom. The van der Waals surface area contributed by atoms with Gasteiger partial charge in [-0.1, -0.05) is 0 Å². The Morgan fingerprint density at radius 2 is 1.24 bits per heavy atom. The quantitative estimate of drug-likeness (QED) is 0.756. The fraction of sp³-hybridized carbons (Fsp3) is 0.462. The highest BCUT2D eigenvalue weighted by Crippen LogP contribution is 2.43. The van der Waals surface area contributed by atoms with E-state index in [1.807, 2.05) is 13.8 Å². The minimum atomic E-state index is -0.0524. The van der Waals surface area contributed by atoms with E-state index in [2.05, 4.69) is 0 Å². The molecule has 0 aliphatic rings. The van der Waals surface area contributed by atoms with Crippen molar-refractivity contribution in [2.75, 3.05) is 21.3 Å². The average Bonchev–Trinajstić information content (AvgIpc) is 2.29. The number of methoxy groups -OCH3 is 3. The Bertz CT molecular complexity index is 449. The molecular formula is C13H18O4. The van der Waals surface area contributed by atoms with Crippen molar-refractivity contribution in [3.63, 3.8) is 0 Å². The lowest BCUT2D eigenvalue weighted by atomic mass is 9.98. The number of carbonyl (C=O) groups excluding carboxylic acids is 1. The van der Waals surface area contributed by atoms with Crippen LogP contribution in [-0.4, -0.2) is 27.1 Å². The third kappa shape index (κ3) is 2.07. The van der Waals surface area contributed by atoms with Crippen LogP contribution in [0.1, 0.15) is 28.4 Å². The monoisotopic (exact) mass is 238 g/mol. The molecule has 0 aliphatic heterocycles. The Balaban J connectivity index is 3.73. The highest BCUT2D eigenvalue weighted by molar-refractivity contribution is 6.00. The summed E-state index contributed by atoms with van der Waals surface area (Å²) in [4.78, 5) is 11.7. The molecule has 0 saturated carbocycles. The van der Waals surface area contributed by atoms with E-state index in [0.29, 0.717) is 22.8 Å². The number of hydrogen-bond donors (Lipinski definition) is 0. The van der Waals surface area contributed by atoms with Crippen molar-refractivity contribution in [1.29, 1.82) is 0 Å². The molecule has 0 saturated heterocycles. The molecule has 0 atom stereocenters. The van der Waals surface area contributed by atoms with Gasteiger partial charge in [0.2, 0.25) is 0 Å². The van der Waals surface area contributed by atoms with Crippen LogP contribution in [0.15, 0.2) is 0 Å². The summed E-state index contributed by atoms with van der Waals surface area (Å²) < 4.78 is 15.9. The maximum Gasteiger partial charge on any atom is 0.167 e. The van der Waals surface area contributed by atoms with Gasteiger partial charge >= 0.3 is 0 Å². The van der Waals surface area contributed by atoms with Crippen molar-refractivity contribution >= 4 is 5.78 Å². The fourth-order valence-electron chi connectivity index (χ4n) is 2.09. The molecule has 0 heterocycles. The fourth-order valence-corrected chi connectivity index (χ4v) is 2.09. The SMILES string of the molecule is COc1c(C)c(OC)c(C(C)=O)c(C)c1OC. The van der Waals surface area contributed by atoms with Gasteiger partial charge < -0.3 is 14.2 Å². The second kappa shape index (κ2) is 5.08. The standard InChI is InChI=1S/C13H18O4/c1-7-10(9(3)14)11(15-4)8(2)13(17-6)12(7)16-5/h1-6H3. The number of ketones is 1. The molecule has 0 aliphatic carbocycles. The third-order valence-electron chi connectivity index (χ3n) is 2.79. The lowest BCUT2D eigenvalue weighted by Crippen LogP contribution is -2.07. The van der Waals surface area contributed by atoms with Crippen molar-refractivity contribution in [2.45, 2.75) is 20.8 Å². The van der Waals surface area contributed by atoms with E-state index in [-0.39, 0.29) is 5.78 Å². The molecule has 4 heteroatoms. The lowest BCUT2D eigenvalue weighted by molar-refractivity contribution is 0.101. The van der Waals surface area contributed by atoms with Gasteiger partial charge in [-0.25, -0.2) is 0 Å². The smallest absolute Gasteiger partial charge is 0.167 e. The molecule has 94 valence electrons. The zero-order chi connectivity index (χ0) is 13.2. The molecule has 0 N–H and O–H groups in total. The minimum Gasteiger partial charge on any atom is -0.496 e. The summed E-state index contributed by atoms with van der Waals surface area (Å²) in [7, 11) is 4.66. The van der Waals surface area contributed by atoms with Crippen molar-refractivity contribution in [3.05, 3.63) is 16.7 Å². The molecule has 0 aromatic heterocycles. The van der Waals surface area contributed by atoms with E-state index in [4.69, 9.17) is 14.2 Å². The Hall–Kier alpha value is -1.71. The number of ether oxygens (including phenoxy) is 3. The predicted molar refractivity (Wildman–Crippen MR) is 65.6 cm³/mol. The molecule has 1 rings (SSSR count). The Morgan fingerprint density at radius 3 is 1.59 bits per heavy atom. The first-order chi connectivity index (χ1) is 7.99. The van der Waals surface area contributed by atoms with E-state index in [0.717, 1.165) is 11.1 Å². The highest BCUT2D eigenvalue weighted by atomic mass is 16.5. The van der Waals surface area contributed by atoms with Crippen LogP contribution in [0.5, 0.6) is 17.2 Å². The molecule has 1 aromatic carbocycles. The van der Waals surface area contributed by atoms with Crippen LogP contribution in [0.3, 0.4) is 0 Å². The van der Waals surface area contributed by atoms with Gasteiger partial charge in [-0.05, 0) is 20.8 Å². The normalized spacial score (nSPS) is 10.0. The number of hydrogen-bond acceptors (Lipinski definition) is 4. The largest absolute Gasteiger partial charge is 0.496 e. The summed E-state index contributed by atoms with van der Waals surface area (Å²) in [6, 6.07) is 0. The van der Waals surface area contributed by atoms with Crippen molar-refractivity contribution in [3.8, 4) is 17.2 Å². The van der Waals surface area contributed by atoms with Gasteiger partial charge in [0.25, 0.3) is 0 Å². The molecule has 17 heavy (non-hydrogen) atoms. The van der Waals surface area contributed by atoms with Crippen LogP contribution >= 0.6 is 0 Å². The summed E-state index contributed by atoms with van der Waals surface area (Å²) in [6.45, 7) is 5.17. The van der Waals surface area contributed by atoms with E-state index in [1.165, 1.54) is 6.92 Å². The molecule has 0 radical (unpaired) electrons. The van der Waals surface area contributed by atoms with Crippen LogP contribution < -0.4 is 14.2 Å². The van der Waals surface area contributed by atoms with Gasteiger partial charge in [0.15, 0.2) is 17.3 Å². The van der Waals surface area contributed by atoms with Crippen LogP contribution in [0.25, 0.3) is 0 Å². The van der Waals surface area contributed by atoms with Gasteiger partial charge in [-0.3, -0.25) is 4.79 Å². The van der Waals surface area contributed by atoms with Gasteiger partial charge in [0.1, 0.15) is 5.75 Å². The van der Waals surface area contributed by atoms with E-state index in [1.54, 1.807) is 21.3 Å². The lowest BCUT2D eigenvalue weighted by Gasteiger charge is -2.19. The second-order valence-corrected chi connectivity index (χ2v) is 3.78. The first kappa shape index (κ1) is 13.4. The maximum atomic E-state index is 11.7. The second-order valence-electron chi connectivity index (χ2n) is 3.78. The number of carbonyl (C=O) groups is 1. The van der Waals surface area contributed by atoms with E-state index >= 15 is 0 Å². The zero-order valence-electron chi connectivity index (χ0n) is 11.1. The van der Waals surface area contributed by atoms with Crippen molar-refractivity contribution < 1.29 is 19.0 Å². The summed E-state index contributed by atoms with van der Waals surface area (Å²) in [5, 5.41) is 0.